The zero-order chi connectivity index (χ0) is 6.15. The Labute approximate surface area is 50.1 Å². The summed E-state index contributed by atoms with van der Waals surface area (Å²) in [4.78, 5) is 2.08. The molecule has 2 heteroatoms. The summed E-state index contributed by atoms with van der Waals surface area (Å²) in [5, 5.41) is 9.04. The van der Waals surface area contributed by atoms with E-state index in [4.69, 9.17) is 5.11 Å². The second kappa shape index (κ2) is 2.03. The van der Waals surface area contributed by atoms with Gasteiger partial charge in [-0.05, 0) is 26.9 Å². The van der Waals surface area contributed by atoms with Crippen LogP contribution in [0.5, 0.6) is 0 Å². The molecule has 0 unspecified atom stereocenters. The van der Waals surface area contributed by atoms with Crippen molar-refractivity contribution in [3.05, 3.63) is 0 Å². The van der Waals surface area contributed by atoms with Gasteiger partial charge in [-0.15, -0.1) is 0 Å². The minimum Gasteiger partial charge on any atom is -0.391 e. The molecule has 48 valence electrons. The second-order valence-electron chi connectivity index (χ2n) is 2.68. The van der Waals surface area contributed by atoms with Crippen LogP contribution in [0.15, 0.2) is 0 Å². The molecule has 2 atom stereocenters. The summed E-state index contributed by atoms with van der Waals surface area (Å²) >= 11 is 0. The standard InChI is InChI=1S/C6H13NO/c1-7(2)5-3-4-6(5)8/h5-6,8H,3-4H2,1-2H3/t5-,6-/m0/s1. The van der Waals surface area contributed by atoms with E-state index in [0.29, 0.717) is 6.04 Å². The molecule has 0 aromatic rings. The van der Waals surface area contributed by atoms with Crippen molar-refractivity contribution in [3.63, 3.8) is 0 Å². The molecule has 8 heavy (non-hydrogen) atoms. The lowest BCUT2D eigenvalue weighted by molar-refractivity contribution is 0.000766. The highest BCUT2D eigenvalue weighted by Crippen LogP contribution is 2.22. The third kappa shape index (κ3) is 0.858. The molecule has 2 nitrogen and oxygen atoms in total. The Hall–Kier alpha value is -0.0800. The van der Waals surface area contributed by atoms with Gasteiger partial charge in [0.15, 0.2) is 0 Å². The van der Waals surface area contributed by atoms with Crippen molar-refractivity contribution in [1.82, 2.24) is 4.90 Å². The van der Waals surface area contributed by atoms with Crippen molar-refractivity contribution in [3.8, 4) is 0 Å². The van der Waals surface area contributed by atoms with Crippen LogP contribution in [-0.4, -0.2) is 36.2 Å². The molecule has 0 aliphatic heterocycles. The highest BCUT2D eigenvalue weighted by atomic mass is 16.3. The van der Waals surface area contributed by atoms with Crippen molar-refractivity contribution in [2.45, 2.75) is 25.0 Å². The number of aliphatic hydroxyl groups is 1. The van der Waals surface area contributed by atoms with Gasteiger partial charge in [-0.1, -0.05) is 0 Å². The molecule has 1 aliphatic rings. The van der Waals surface area contributed by atoms with E-state index in [0.717, 1.165) is 12.8 Å². The van der Waals surface area contributed by atoms with Crippen LogP contribution in [0.1, 0.15) is 12.8 Å². The maximum Gasteiger partial charge on any atom is 0.0695 e. The highest BCUT2D eigenvalue weighted by molar-refractivity contribution is 4.85. The molecule has 0 saturated heterocycles. The topological polar surface area (TPSA) is 23.5 Å². The quantitative estimate of drug-likeness (QED) is 0.523. The molecular formula is C6H13NO. The van der Waals surface area contributed by atoms with Gasteiger partial charge < -0.3 is 10.0 Å². The van der Waals surface area contributed by atoms with Crippen LogP contribution in [0.2, 0.25) is 0 Å². The van der Waals surface area contributed by atoms with Crippen LogP contribution in [0.3, 0.4) is 0 Å². The lowest BCUT2D eigenvalue weighted by atomic mass is 9.88. The molecule has 0 spiro atoms. The fraction of sp³-hybridized carbons (Fsp3) is 1.00. The van der Waals surface area contributed by atoms with E-state index in [-0.39, 0.29) is 6.10 Å². The number of hydrogen-bond donors (Lipinski definition) is 1. The van der Waals surface area contributed by atoms with Crippen molar-refractivity contribution in [2.75, 3.05) is 14.1 Å². The van der Waals surface area contributed by atoms with Gasteiger partial charge >= 0.3 is 0 Å². The van der Waals surface area contributed by atoms with Gasteiger partial charge in [-0.2, -0.15) is 0 Å². The number of nitrogens with zero attached hydrogens (tertiary/aromatic N) is 1. The molecule has 0 amide bonds. The van der Waals surface area contributed by atoms with Crippen molar-refractivity contribution in [2.24, 2.45) is 0 Å². The molecule has 1 aliphatic carbocycles. The van der Waals surface area contributed by atoms with Gasteiger partial charge in [0.25, 0.3) is 0 Å². The zero-order valence-electron chi connectivity index (χ0n) is 5.46. The van der Waals surface area contributed by atoms with Crippen LogP contribution < -0.4 is 0 Å². The van der Waals surface area contributed by atoms with Gasteiger partial charge in [-0.3, -0.25) is 0 Å². The van der Waals surface area contributed by atoms with Crippen LogP contribution in [0, 0.1) is 0 Å². The zero-order valence-corrected chi connectivity index (χ0v) is 5.46. The number of aliphatic hydroxyl groups excluding tert-OH is 1. The minimum atomic E-state index is -0.0509. The van der Waals surface area contributed by atoms with Gasteiger partial charge in [0, 0.05) is 6.04 Å². The Bertz CT molecular complexity index is 77.8. The lowest BCUT2D eigenvalue weighted by Crippen LogP contribution is -2.46. The SMILES string of the molecule is CN(C)[C@H]1CC[C@@H]1O. The number of rotatable bonds is 1. The predicted molar refractivity (Wildman–Crippen MR) is 32.7 cm³/mol. The Morgan fingerprint density at radius 3 is 2.00 bits per heavy atom. The van der Waals surface area contributed by atoms with E-state index >= 15 is 0 Å². The van der Waals surface area contributed by atoms with Gasteiger partial charge in [0.2, 0.25) is 0 Å². The normalized spacial score (nSPS) is 37.5. The maximum atomic E-state index is 9.04. The van der Waals surface area contributed by atoms with Crippen molar-refractivity contribution in [1.29, 1.82) is 0 Å². The summed E-state index contributed by atoms with van der Waals surface area (Å²) in [6, 6.07) is 0.440. The molecule has 1 saturated carbocycles. The molecule has 0 aromatic heterocycles. The van der Waals surface area contributed by atoms with Crippen LogP contribution in [0.25, 0.3) is 0 Å². The van der Waals surface area contributed by atoms with E-state index < -0.39 is 0 Å². The molecule has 0 radical (unpaired) electrons. The fourth-order valence-electron chi connectivity index (χ4n) is 1.07. The fourth-order valence-corrected chi connectivity index (χ4v) is 1.07. The summed E-state index contributed by atoms with van der Waals surface area (Å²) in [6.07, 6.45) is 2.10. The largest absolute Gasteiger partial charge is 0.391 e. The average molecular weight is 115 g/mol. The minimum absolute atomic E-state index is 0.0509. The Balaban J connectivity index is 2.26. The monoisotopic (exact) mass is 115 g/mol. The summed E-state index contributed by atoms with van der Waals surface area (Å²) in [5.41, 5.74) is 0. The molecule has 0 heterocycles. The summed E-state index contributed by atoms with van der Waals surface area (Å²) in [5.74, 6) is 0. The average Bonchev–Trinajstić information content (AvgIpc) is 1.61. The molecule has 1 N–H and O–H groups in total. The number of hydrogen-bond acceptors (Lipinski definition) is 2. The molecule has 0 aromatic carbocycles. The summed E-state index contributed by atoms with van der Waals surface area (Å²) in [6.45, 7) is 0. The van der Waals surface area contributed by atoms with E-state index in [1.165, 1.54) is 0 Å². The van der Waals surface area contributed by atoms with E-state index in [1.807, 2.05) is 14.1 Å². The maximum absolute atomic E-state index is 9.04. The Morgan fingerprint density at radius 2 is 2.00 bits per heavy atom. The first-order chi connectivity index (χ1) is 3.72. The van der Waals surface area contributed by atoms with Crippen molar-refractivity contribution < 1.29 is 5.11 Å². The Kier molecular flexibility index (Phi) is 1.54. The molecule has 0 bridgehead atoms. The Morgan fingerprint density at radius 1 is 1.38 bits per heavy atom. The lowest BCUT2D eigenvalue weighted by Gasteiger charge is -2.37. The number of likely N-dealkylation sites (N-methyl/N-ethyl adjacent to an activating group) is 1. The van der Waals surface area contributed by atoms with E-state index in [1.54, 1.807) is 0 Å². The van der Waals surface area contributed by atoms with Crippen LogP contribution >= 0.6 is 0 Å². The first-order valence-electron chi connectivity index (χ1n) is 3.06. The molecular weight excluding hydrogens is 102 g/mol. The predicted octanol–water partition coefficient (Wildman–Crippen LogP) is 0.0713. The first kappa shape index (κ1) is 6.05. The van der Waals surface area contributed by atoms with Crippen LogP contribution in [0.4, 0.5) is 0 Å². The summed E-state index contributed by atoms with van der Waals surface area (Å²) in [7, 11) is 4.01. The van der Waals surface area contributed by atoms with Gasteiger partial charge in [0.1, 0.15) is 0 Å². The van der Waals surface area contributed by atoms with E-state index in [2.05, 4.69) is 4.90 Å². The van der Waals surface area contributed by atoms with Crippen molar-refractivity contribution >= 4 is 0 Å². The molecule has 1 rings (SSSR count). The van der Waals surface area contributed by atoms with Gasteiger partial charge in [-0.25, -0.2) is 0 Å². The summed E-state index contributed by atoms with van der Waals surface area (Å²) < 4.78 is 0. The first-order valence-corrected chi connectivity index (χ1v) is 3.06. The van der Waals surface area contributed by atoms with E-state index in [9.17, 15) is 0 Å². The molecule has 1 fully saturated rings. The third-order valence-electron chi connectivity index (χ3n) is 1.87. The smallest absolute Gasteiger partial charge is 0.0695 e. The van der Waals surface area contributed by atoms with Crippen LogP contribution in [-0.2, 0) is 0 Å². The third-order valence-corrected chi connectivity index (χ3v) is 1.87. The highest BCUT2D eigenvalue weighted by Gasteiger charge is 2.29. The second-order valence-corrected chi connectivity index (χ2v) is 2.68. The van der Waals surface area contributed by atoms with Gasteiger partial charge in [0.05, 0.1) is 6.10 Å².